The molecule has 2 aliphatic heterocycles. The van der Waals surface area contributed by atoms with Crippen LogP contribution in [0.5, 0.6) is 0 Å². The standard InChI is InChI=1S/C22H32ClN5O/c1-17-14-26(13-12-25(17)2)16-19-21(24-20-9-8-18(23)15-28(19)20)22(29)27-10-6-4-3-5-7-11-27/h8-9,15,17H,3-7,10-14,16H2,1-2H3/t17-/m1/s1. The molecular formula is C22H32ClN5O. The quantitative estimate of drug-likeness (QED) is 0.766. The predicted octanol–water partition coefficient (Wildman–Crippen LogP) is 3.53. The number of halogens is 1. The number of amides is 1. The number of hydrogen-bond donors (Lipinski definition) is 0. The second-order valence-electron chi connectivity index (χ2n) is 8.61. The van der Waals surface area contributed by atoms with Crippen molar-refractivity contribution in [3.8, 4) is 0 Å². The predicted molar refractivity (Wildman–Crippen MR) is 117 cm³/mol. The van der Waals surface area contributed by atoms with Crippen molar-refractivity contribution in [2.45, 2.75) is 51.6 Å². The largest absolute Gasteiger partial charge is 0.337 e. The topological polar surface area (TPSA) is 44.1 Å². The van der Waals surface area contributed by atoms with E-state index >= 15 is 0 Å². The van der Waals surface area contributed by atoms with E-state index in [-0.39, 0.29) is 5.91 Å². The number of hydrogen-bond acceptors (Lipinski definition) is 4. The highest BCUT2D eigenvalue weighted by atomic mass is 35.5. The number of carbonyl (C=O) groups is 1. The second kappa shape index (κ2) is 9.02. The SMILES string of the molecule is C[C@@H]1CN(Cc2c(C(=O)N3CCCCCCC3)nc3ccc(Cl)cn23)CCN1C. The third-order valence-electron chi connectivity index (χ3n) is 6.44. The molecule has 0 unspecified atom stereocenters. The Labute approximate surface area is 178 Å². The fraction of sp³-hybridized carbons (Fsp3) is 0.636. The van der Waals surface area contributed by atoms with Gasteiger partial charge in [-0.25, -0.2) is 4.98 Å². The van der Waals surface area contributed by atoms with E-state index in [1.54, 1.807) is 0 Å². The number of piperazine rings is 1. The van der Waals surface area contributed by atoms with Gasteiger partial charge in [0.15, 0.2) is 5.69 Å². The van der Waals surface area contributed by atoms with Crippen LogP contribution in [0.25, 0.3) is 5.65 Å². The minimum absolute atomic E-state index is 0.0731. The summed E-state index contributed by atoms with van der Waals surface area (Å²) in [4.78, 5) is 25.1. The Morgan fingerprint density at radius 3 is 2.55 bits per heavy atom. The molecule has 0 aromatic carbocycles. The smallest absolute Gasteiger partial charge is 0.274 e. The molecule has 7 heteroatoms. The number of fused-ring (bicyclic) bond motifs is 1. The Hall–Kier alpha value is -1.63. The average molecular weight is 418 g/mol. The van der Waals surface area contributed by atoms with Crippen molar-refractivity contribution in [1.82, 2.24) is 24.1 Å². The molecule has 0 bridgehead atoms. The molecular weight excluding hydrogens is 386 g/mol. The van der Waals surface area contributed by atoms with Crippen LogP contribution in [0.4, 0.5) is 0 Å². The van der Waals surface area contributed by atoms with Crippen molar-refractivity contribution < 1.29 is 4.79 Å². The number of likely N-dealkylation sites (N-methyl/N-ethyl adjacent to an activating group) is 1. The molecule has 0 radical (unpaired) electrons. The molecule has 0 aliphatic carbocycles. The van der Waals surface area contributed by atoms with Gasteiger partial charge in [0.2, 0.25) is 0 Å². The fourth-order valence-electron chi connectivity index (χ4n) is 4.47. The van der Waals surface area contributed by atoms with Gasteiger partial charge in [0.1, 0.15) is 5.65 Å². The summed E-state index contributed by atoms with van der Waals surface area (Å²) in [5.41, 5.74) is 2.35. The summed E-state index contributed by atoms with van der Waals surface area (Å²) >= 11 is 6.29. The van der Waals surface area contributed by atoms with Crippen LogP contribution in [0, 0.1) is 0 Å². The molecule has 2 aromatic heterocycles. The molecule has 29 heavy (non-hydrogen) atoms. The van der Waals surface area contributed by atoms with Crippen LogP contribution in [0.2, 0.25) is 5.02 Å². The lowest BCUT2D eigenvalue weighted by Gasteiger charge is -2.37. The van der Waals surface area contributed by atoms with Crippen molar-refractivity contribution in [2.75, 3.05) is 39.8 Å². The summed E-state index contributed by atoms with van der Waals surface area (Å²) in [5.74, 6) is 0.0731. The van der Waals surface area contributed by atoms with Crippen LogP contribution in [0.1, 0.15) is 55.2 Å². The van der Waals surface area contributed by atoms with Gasteiger partial charge in [0, 0.05) is 51.5 Å². The highest BCUT2D eigenvalue weighted by Crippen LogP contribution is 2.22. The van der Waals surface area contributed by atoms with Gasteiger partial charge in [-0.1, -0.05) is 30.9 Å². The number of likely N-dealkylation sites (tertiary alicyclic amines) is 1. The second-order valence-corrected chi connectivity index (χ2v) is 9.04. The molecule has 1 amide bonds. The average Bonchev–Trinajstić information content (AvgIpc) is 3.02. The molecule has 2 aromatic rings. The minimum Gasteiger partial charge on any atom is -0.337 e. The number of aromatic nitrogens is 2. The van der Waals surface area contributed by atoms with Gasteiger partial charge < -0.3 is 14.2 Å². The van der Waals surface area contributed by atoms with Crippen molar-refractivity contribution >= 4 is 23.2 Å². The Morgan fingerprint density at radius 1 is 1.10 bits per heavy atom. The van der Waals surface area contributed by atoms with Gasteiger partial charge in [-0.2, -0.15) is 0 Å². The van der Waals surface area contributed by atoms with Crippen molar-refractivity contribution in [1.29, 1.82) is 0 Å². The Balaban J connectivity index is 1.65. The summed E-state index contributed by atoms with van der Waals surface area (Å²) < 4.78 is 2.02. The molecule has 4 heterocycles. The van der Waals surface area contributed by atoms with E-state index in [0.717, 1.165) is 56.9 Å². The molecule has 2 fully saturated rings. The van der Waals surface area contributed by atoms with E-state index in [0.29, 0.717) is 23.3 Å². The normalized spacial score (nSPS) is 22.6. The summed E-state index contributed by atoms with van der Waals surface area (Å²) in [5, 5.41) is 0.660. The molecule has 6 nitrogen and oxygen atoms in total. The number of rotatable bonds is 3. The van der Waals surface area contributed by atoms with E-state index in [1.807, 2.05) is 27.6 Å². The monoisotopic (exact) mass is 417 g/mol. The van der Waals surface area contributed by atoms with E-state index in [4.69, 9.17) is 16.6 Å². The van der Waals surface area contributed by atoms with Gasteiger partial charge in [-0.15, -0.1) is 0 Å². The van der Waals surface area contributed by atoms with Crippen molar-refractivity contribution in [2.24, 2.45) is 0 Å². The number of pyridine rings is 1. The molecule has 2 aliphatic rings. The molecule has 4 rings (SSSR count). The summed E-state index contributed by atoms with van der Waals surface area (Å²) in [6, 6.07) is 4.25. The highest BCUT2D eigenvalue weighted by molar-refractivity contribution is 6.30. The number of carbonyl (C=O) groups excluding carboxylic acids is 1. The summed E-state index contributed by atoms with van der Waals surface area (Å²) in [6.07, 6.45) is 7.74. The highest BCUT2D eigenvalue weighted by Gasteiger charge is 2.27. The van der Waals surface area contributed by atoms with Crippen LogP contribution in [0.15, 0.2) is 18.3 Å². The number of imidazole rings is 1. The van der Waals surface area contributed by atoms with Gasteiger partial charge in [-0.3, -0.25) is 9.69 Å². The zero-order valence-electron chi connectivity index (χ0n) is 17.6. The first kappa shape index (κ1) is 20.6. The van der Waals surface area contributed by atoms with Gasteiger partial charge >= 0.3 is 0 Å². The minimum atomic E-state index is 0.0731. The maximum Gasteiger partial charge on any atom is 0.274 e. The summed E-state index contributed by atoms with van der Waals surface area (Å²) in [7, 11) is 2.17. The van der Waals surface area contributed by atoms with Gasteiger partial charge in [0.05, 0.1) is 10.7 Å². The maximum absolute atomic E-state index is 13.5. The third-order valence-corrected chi connectivity index (χ3v) is 6.67. The van der Waals surface area contributed by atoms with E-state index in [2.05, 4.69) is 23.8 Å². The Kier molecular flexibility index (Phi) is 6.42. The molecule has 0 spiro atoms. The first-order chi connectivity index (χ1) is 14.0. The molecule has 1 atom stereocenters. The fourth-order valence-corrected chi connectivity index (χ4v) is 4.63. The lowest BCUT2D eigenvalue weighted by molar-refractivity contribution is 0.0729. The van der Waals surface area contributed by atoms with E-state index in [9.17, 15) is 4.79 Å². The van der Waals surface area contributed by atoms with Crippen LogP contribution in [-0.2, 0) is 6.54 Å². The maximum atomic E-state index is 13.5. The first-order valence-corrected chi connectivity index (χ1v) is 11.3. The van der Waals surface area contributed by atoms with Crippen LogP contribution >= 0.6 is 11.6 Å². The summed E-state index contributed by atoms with van der Waals surface area (Å²) in [6.45, 7) is 7.65. The van der Waals surface area contributed by atoms with Crippen LogP contribution in [0.3, 0.4) is 0 Å². The lowest BCUT2D eigenvalue weighted by Crippen LogP contribution is -2.49. The molecule has 158 valence electrons. The molecule has 2 saturated heterocycles. The van der Waals surface area contributed by atoms with Crippen molar-refractivity contribution in [3.05, 3.63) is 34.7 Å². The molecule has 0 N–H and O–H groups in total. The van der Waals surface area contributed by atoms with Crippen molar-refractivity contribution in [3.63, 3.8) is 0 Å². The lowest BCUT2D eigenvalue weighted by atomic mass is 10.1. The zero-order valence-corrected chi connectivity index (χ0v) is 18.4. The third kappa shape index (κ3) is 4.60. The Bertz CT molecular complexity index is 858. The van der Waals surface area contributed by atoms with Gasteiger partial charge in [-0.05, 0) is 38.9 Å². The van der Waals surface area contributed by atoms with Gasteiger partial charge in [0.25, 0.3) is 5.91 Å². The zero-order chi connectivity index (χ0) is 20.4. The van der Waals surface area contributed by atoms with E-state index < -0.39 is 0 Å². The number of nitrogens with zero attached hydrogens (tertiary/aromatic N) is 5. The molecule has 0 saturated carbocycles. The van der Waals surface area contributed by atoms with Crippen LogP contribution < -0.4 is 0 Å². The van der Waals surface area contributed by atoms with E-state index in [1.165, 1.54) is 19.3 Å². The Morgan fingerprint density at radius 2 is 1.83 bits per heavy atom. The first-order valence-electron chi connectivity index (χ1n) is 10.9. The van der Waals surface area contributed by atoms with Crippen LogP contribution in [-0.4, -0.2) is 75.8 Å².